The number of ether oxygens (including phenoxy) is 1. The Labute approximate surface area is 167 Å². The Morgan fingerprint density at radius 1 is 1.26 bits per heavy atom. The molecule has 3 N–H and O–H groups in total. The van der Waals surface area contributed by atoms with E-state index >= 15 is 0 Å². The average Bonchev–Trinajstić information content (AvgIpc) is 2.67. The summed E-state index contributed by atoms with van der Waals surface area (Å²) in [6, 6.07) is 15.7. The number of carbonyl (C=O) groups is 1. The number of rotatable bonds is 6. The van der Waals surface area contributed by atoms with Gasteiger partial charge in [-0.05, 0) is 29.8 Å². The maximum absolute atomic E-state index is 11.9. The Morgan fingerprint density at radius 2 is 2.11 bits per heavy atom. The van der Waals surface area contributed by atoms with Crippen LogP contribution in [0, 0.1) is 0 Å². The third-order valence-electron chi connectivity index (χ3n) is 4.31. The van der Waals surface area contributed by atoms with Crippen LogP contribution in [0.2, 0.25) is 0 Å². The predicted molar refractivity (Wildman–Crippen MR) is 111 cm³/mol. The molecular formula is C20H23BrN4O2. The molecule has 6 nitrogen and oxygen atoms in total. The molecule has 1 aliphatic rings. The number of nitrogens with one attached hydrogen (secondary N) is 3. The third kappa shape index (κ3) is 5.47. The highest BCUT2D eigenvalue weighted by Crippen LogP contribution is 2.31. The van der Waals surface area contributed by atoms with Crippen molar-refractivity contribution in [2.75, 3.05) is 32.1 Å². The van der Waals surface area contributed by atoms with Crippen LogP contribution in [0.5, 0.6) is 5.75 Å². The molecule has 2 aromatic rings. The largest absolute Gasteiger partial charge is 0.492 e. The molecule has 1 heterocycles. The Hall–Kier alpha value is -2.54. The molecule has 0 radical (unpaired) electrons. The van der Waals surface area contributed by atoms with Gasteiger partial charge in [-0.3, -0.25) is 9.79 Å². The summed E-state index contributed by atoms with van der Waals surface area (Å²) >= 11 is 3.43. The monoisotopic (exact) mass is 430 g/mol. The van der Waals surface area contributed by atoms with Gasteiger partial charge in [0.15, 0.2) is 5.96 Å². The summed E-state index contributed by atoms with van der Waals surface area (Å²) in [5, 5.41) is 9.46. The fourth-order valence-corrected chi connectivity index (χ4v) is 3.40. The number of halogens is 1. The van der Waals surface area contributed by atoms with E-state index in [1.165, 1.54) is 0 Å². The molecule has 0 aromatic heterocycles. The highest BCUT2D eigenvalue weighted by molar-refractivity contribution is 9.10. The molecule has 0 spiro atoms. The lowest BCUT2D eigenvalue weighted by atomic mass is 9.90. The number of carbonyl (C=O) groups excluding carboxylic acids is 1. The smallest absolute Gasteiger partial charge is 0.225 e. The summed E-state index contributed by atoms with van der Waals surface area (Å²) in [6.07, 6.45) is 0.465. The number of para-hydroxylation sites is 1. The minimum absolute atomic E-state index is 0.0471. The van der Waals surface area contributed by atoms with Crippen molar-refractivity contribution in [2.24, 2.45) is 4.99 Å². The van der Waals surface area contributed by atoms with E-state index in [0.717, 1.165) is 21.5 Å². The molecule has 0 saturated carbocycles. The van der Waals surface area contributed by atoms with Gasteiger partial charge in [0.1, 0.15) is 12.4 Å². The van der Waals surface area contributed by atoms with Crippen molar-refractivity contribution in [2.45, 2.75) is 12.3 Å². The topological polar surface area (TPSA) is 74.8 Å². The van der Waals surface area contributed by atoms with Crippen molar-refractivity contribution in [1.82, 2.24) is 10.6 Å². The highest BCUT2D eigenvalue weighted by Gasteiger charge is 2.24. The van der Waals surface area contributed by atoms with Crippen LogP contribution in [-0.2, 0) is 4.79 Å². The molecule has 1 unspecified atom stereocenters. The minimum atomic E-state index is 0.0471. The van der Waals surface area contributed by atoms with Crippen LogP contribution in [0.3, 0.4) is 0 Å². The zero-order valence-electron chi connectivity index (χ0n) is 15.2. The molecule has 0 bridgehead atoms. The number of guanidine groups is 1. The molecule has 1 amide bonds. The Morgan fingerprint density at radius 3 is 2.93 bits per heavy atom. The molecule has 142 valence electrons. The molecular weight excluding hydrogens is 408 g/mol. The van der Waals surface area contributed by atoms with Gasteiger partial charge in [0, 0.05) is 36.1 Å². The summed E-state index contributed by atoms with van der Waals surface area (Å²) in [4.78, 5) is 16.2. The number of aliphatic imine (C=N–C) groups is 1. The van der Waals surface area contributed by atoms with E-state index in [9.17, 15) is 4.79 Å². The molecule has 0 aliphatic carbocycles. The quantitative estimate of drug-likeness (QED) is 0.373. The zero-order chi connectivity index (χ0) is 19.1. The second-order valence-electron chi connectivity index (χ2n) is 6.22. The molecule has 3 rings (SSSR count). The molecule has 2 aromatic carbocycles. The summed E-state index contributed by atoms with van der Waals surface area (Å²) in [7, 11) is 1.73. The first-order valence-corrected chi connectivity index (χ1v) is 9.66. The highest BCUT2D eigenvalue weighted by atomic mass is 79.9. The summed E-state index contributed by atoms with van der Waals surface area (Å²) < 4.78 is 6.70. The van der Waals surface area contributed by atoms with Gasteiger partial charge < -0.3 is 20.7 Å². The van der Waals surface area contributed by atoms with Gasteiger partial charge in [-0.2, -0.15) is 0 Å². The van der Waals surface area contributed by atoms with Gasteiger partial charge in [-0.15, -0.1) is 0 Å². The first kappa shape index (κ1) is 19.2. The summed E-state index contributed by atoms with van der Waals surface area (Å²) in [6.45, 7) is 1.77. The fourth-order valence-electron chi connectivity index (χ4n) is 3.02. The van der Waals surface area contributed by atoms with E-state index in [0.29, 0.717) is 32.1 Å². The van der Waals surface area contributed by atoms with Gasteiger partial charge in [-0.25, -0.2) is 0 Å². The molecule has 1 atom stereocenters. The Bertz CT molecular complexity index is 825. The minimum Gasteiger partial charge on any atom is -0.492 e. The zero-order valence-corrected chi connectivity index (χ0v) is 16.8. The number of benzene rings is 2. The molecule has 0 fully saturated rings. The van der Waals surface area contributed by atoms with Crippen molar-refractivity contribution in [3.8, 4) is 5.75 Å². The van der Waals surface area contributed by atoms with Crippen LogP contribution in [0.1, 0.15) is 17.9 Å². The van der Waals surface area contributed by atoms with Gasteiger partial charge in [0.05, 0.1) is 6.54 Å². The van der Waals surface area contributed by atoms with Crippen LogP contribution in [0.25, 0.3) is 0 Å². The van der Waals surface area contributed by atoms with E-state index in [-0.39, 0.29) is 11.8 Å². The normalized spacial score (nSPS) is 16.3. The predicted octanol–water partition coefficient (Wildman–Crippen LogP) is 3.12. The summed E-state index contributed by atoms with van der Waals surface area (Å²) in [5.41, 5.74) is 2.05. The van der Waals surface area contributed by atoms with Crippen molar-refractivity contribution < 1.29 is 9.53 Å². The summed E-state index contributed by atoms with van der Waals surface area (Å²) in [5.74, 6) is 1.67. The number of amides is 1. The van der Waals surface area contributed by atoms with Crippen molar-refractivity contribution in [3.05, 3.63) is 58.6 Å². The van der Waals surface area contributed by atoms with Crippen LogP contribution in [-0.4, -0.2) is 38.6 Å². The van der Waals surface area contributed by atoms with Gasteiger partial charge in [0.25, 0.3) is 0 Å². The van der Waals surface area contributed by atoms with Crippen LogP contribution >= 0.6 is 15.9 Å². The Kier molecular flexibility index (Phi) is 6.70. The Balaban J connectivity index is 1.46. The van der Waals surface area contributed by atoms with Crippen molar-refractivity contribution >= 4 is 33.5 Å². The lowest BCUT2D eigenvalue weighted by molar-refractivity contribution is -0.116. The van der Waals surface area contributed by atoms with E-state index in [2.05, 4.69) is 42.9 Å². The second-order valence-corrected chi connectivity index (χ2v) is 7.14. The van der Waals surface area contributed by atoms with Crippen LogP contribution in [0.15, 0.2) is 58.0 Å². The number of hydrogen-bond acceptors (Lipinski definition) is 3. The van der Waals surface area contributed by atoms with Gasteiger partial charge >= 0.3 is 0 Å². The number of nitrogens with zero attached hydrogens (tertiary/aromatic N) is 1. The molecule has 0 saturated heterocycles. The van der Waals surface area contributed by atoms with E-state index in [1.54, 1.807) is 7.05 Å². The molecule has 7 heteroatoms. The van der Waals surface area contributed by atoms with Gasteiger partial charge in [-0.1, -0.05) is 40.2 Å². The first-order chi connectivity index (χ1) is 13.2. The maximum atomic E-state index is 11.9. The van der Waals surface area contributed by atoms with Gasteiger partial charge in [0.2, 0.25) is 5.91 Å². The third-order valence-corrected chi connectivity index (χ3v) is 4.80. The van der Waals surface area contributed by atoms with E-state index < -0.39 is 0 Å². The van der Waals surface area contributed by atoms with Crippen LogP contribution in [0.4, 0.5) is 5.69 Å². The fraction of sp³-hybridized carbons (Fsp3) is 0.300. The number of anilines is 1. The lowest BCUT2D eigenvalue weighted by Gasteiger charge is -2.26. The molecule has 1 aliphatic heterocycles. The van der Waals surface area contributed by atoms with E-state index in [1.807, 2.05) is 42.5 Å². The number of hydrogen-bond donors (Lipinski definition) is 3. The second kappa shape index (κ2) is 9.41. The standard InChI is InChI=1S/C20H23BrN4O2/c1-22-20(23-9-10-27-16-6-4-5-15(21)12-16)24-13-14-11-19(26)25-18-8-3-2-7-17(14)18/h2-8,12,14H,9-11,13H2,1H3,(H,25,26)(H2,22,23,24). The SMILES string of the molecule is CN=C(NCCOc1cccc(Br)c1)NCC1CC(=O)Nc2ccccc21. The van der Waals surface area contributed by atoms with Crippen molar-refractivity contribution in [3.63, 3.8) is 0 Å². The maximum Gasteiger partial charge on any atom is 0.225 e. The first-order valence-electron chi connectivity index (χ1n) is 8.87. The lowest BCUT2D eigenvalue weighted by Crippen LogP contribution is -2.42. The van der Waals surface area contributed by atoms with Crippen LogP contribution < -0.4 is 20.7 Å². The van der Waals surface area contributed by atoms with E-state index in [4.69, 9.17) is 4.74 Å². The average molecular weight is 431 g/mol. The number of fused-ring (bicyclic) bond motifs is 1. The van der Waals surface area contributed by atoms with Crippen molar-refractivity contribution in [1.29, 1.82) is 0 Å². The molecule has 27 heavy (non-hydrogen) atoms.